The zero-order valence-corrected chi connectivity index (χ0v) is 21.8. The highest BCUT2D eigenvalue weighted by Crippen LogP contribution is 2.31. The third-order valence-electron chi connectivity index (χ3n) is 4.51. The molecule has 3 N–H and O–H groups in total. The molecule has 1 aromatic rings. The van der Waals surface area contributed by atoms with Gasteiger partial charge < -0.3 is 25.4 Å². The molecule has 0 heterocycles. The number of guanidine groups is 1. The first-order valence-electron chi connectivity index (χ1n) is 10.4. The maximum Gasteiger partial charge on any atom is 0.227 e. The van der Waals surface area contributed by atoms with E-state index in [1.807, 2.05) is 32.0 Å². The number of benzene rings is 1. The van der Waals surface area contributed by atoms with E-state index in [-0.39, 0.29) is 35.9 Å². The van der Waals surface area contributed by atoms with Crippen LogP contribution in [0.4, 0.5) is 0 Å². The van der Waals surface area contributed by atoms with E-state index in [1.54, 1.807) is 14.1 Å². The Kier molecular flexibility index (Phi) is 13.5. The van der Waals surface area contributed by atoms with E-state index in [1.165, 1.54) is 0 Å². The van der Waals surface area contributed by atoms with Crippen molar-refractivity contribution in [2.75, 3.05) is 33.9 Å². The Morgan fingerprint density at radius 3 is 2.27 bits per heavy atom. The van der Waals surface area contributed by atoms with Crippen molar-refractivity contribution in [3.05, 3.63) is 23.8 Å². The normalized spacial score (nSPS) is 12.4. The molecule has 0 spiro atoms. The van der Waals surface area contributed by atoms with Crippen LogP contribution < -0.4 is 25.4 Å². The highest BCUT2D eigenvalue weighted by molar-refractivity contribution is 14.0. The number of aliphatic imine (C=N–C) groups is 1. The van der Waals surface area contributed by atoms with Crippen molar-refractivity contribution < 1.29 is 14.3 Å². The molecule has 30 heavy (non-hydrogen) atoms. The Hall–Kier alpha value is -1.71. The fraction of sp³-hybridized carbons (Fsp3) is 0.636. The van der Waals surface area contributed by atoms with E-state index < -0.39 is 5.41 Å². The van der Waals surface area contributed by atoms with Gasteiger partial charge in [-0.1, -0.05) is 19.9 Å². The standard InChI is InChI=1S/C22H38N4O3.HI/c1-8-12-28-18-11-10-17(14-19(18)29-13-9-2)16(3)26-21(24-7)25-15-22(4,5)20(27)23-6;/h10-11,14,16H,8-9,12-13,15H2,1-7H3,(H,23,27)(H2,24,25,26);1H. The second kappa shape index (κ2) is 14.3. The Morgan fingerprint density at radius 1 is 1.13 bits per heavy atom. The number of hydrogen-bond donors (Lipinski definition) is 3. The highest BCUT2D eigenvalue weighted by atomic mass is 127. The summed E-state index contributed by atoms with van der Waals surface area (Å²) in [7, 11) is 3.36. The van der Waals surface area contributed by atoms with Gasteiger partial charge >= 0.3 is 0 Å². The summed E-state index contributed by atoms with van der Waals surface area (Å²) in [6.07, 6.45) is 1.88. The SMILES string of the molecule is CCCOc1ccc(C(C)NC(=NC)NCC(C)(C)C(=O)NC)cc1OCCC.I. The van der Waals surface area contributed by atoms with Gasteiger partial charge in [0.2, 0.25) is 5.91 Å². The Morgan fingerprint density at radius 2 is 1.73 bits per heavy atom. The zero-order valence-electron chi connectivity index (χ0n) is 19.4. The first-order chi connectivity index (χ1) is 13.8. The van der Waals surface area contributed by atoms with E-state index in [0.717, 1.165) is 29.9 Å². The summed E-state index contributed by atoms with van der Waals surface area (Å²) in [4.78, 5) is 16.3. The van der Waals surface area contributed by atoms with Crippen molar-refractivity contribution >= 4 is 35.8 Å². The minimum absolute atomic E-state index is 0. The van der Waals surface area contributed by atoms with E-state index in [0.29, 0.717) is 25.7 Å². The average molecular weight is 534 g/mol. The smallest absolute Gasteiger partial charge is 0.227 e. The van der Waals surface area contributed by atoms with Crippen molar-refractivity contribution in [3.8, 4) is 11.5 Å². The maximum atomic E-state index is 12.0. The van der Waals surface area contributed by atoms with Crippen LogP contribution >= 0.6 is 24.0 Å². The van der Waals surface area contributed by atoms with E-state index >= 15 is 0 Å². The molecule has 0 aliphatic carbocycles. The lowest BCUT2D eigenvalue weighted by Gasteiger charge is -2.25. The molecule has 0 saturated carbocycles. The Bertz CT molecular complexity index is 680. The van der Waals surface area contributed by atoms with Crippen molar-refractivity contribution in [1.29, 1.82) is 0 Å². The summed E-state index contributed by atoms with van der Waals surface area (Å²) < 4.78 is 11.7. The van der Waals surface area contributed by atoms with Gasteiger partial charge in [-0.3, -0.25) is 9.79 Å². The first kappa shape index (κ1) is 28.3. The molecule has 0 aliphatic rings. The molecule has 0 fully saturated rings. The summed E-state index contributed by atoms with van der Waals surface area (Å²) in [5, 5.41) is 9.30. The Labute approximate surface area is 198 Å². The fourth-order valence-corrected chi connectivity index (χ4v) is 2.66. The van der Waals surface area contributed by atoms with Gasteiger partial charge in [-0.25, -0.2) is 0 Å². The van der Waals surface area contributed by atoms with Crippen LogP contribution in [0.25, 0.3) is 0 Å². The molecule has 1 atom stereocenters. The summed E-state index contributed by atoms with van der Waals surface area (Å²) >= 11 is 0. The van der Waals surface area contributed by atoms with Crippen molar-refractivity contribution in [2.24, 2.45) is 10.4 Å². The predicted molar refractivity (Wildman–Crippen MR) is 134 cm³/mol. The minimum Gasteiger partial charge on any atom is -0.490 e. The molecule has 0 aliphatic heterocycles. The van der Waals surface area contributed by atoms with Crippen LogP contribution in [0.5, 0.6) is 11.5 Å². The number of hydrogen-bond acceptors (Lipinski definition) is 4. The fourth-order valence-electron chi connectivity index (χ4n) is 2.66. The van der Waals surface area contributed by atoms with Gasteiger partial charge in [0.05, 0.1) is 24.7 Å². The van der Waals surface area contributed by atoms with Gasteiger partial charge in [0.15, 0.2) is 17.5 Å². The monoisotopic (exact) mass is 534 g/mol. The molecule has 172 valence electrons. The minimum atomic E-state index is -0.547. The number of amides is 1. The van der Waals surface area contributed by atoms with Crippen molar-refractivity contribution in [2.45, 2.75) is 53.5 Å². The topological polar surface area (TPSA) is 84.0 Å². The maximum absolute atomic E-state index is 12.0. The molecule has 1 amide bonds. The lowest BCUT2D eigenvalue weighted by Crippen LogP contribution is -2.47. The molecular weight excluding hydrogens is 495 g/mol. The van der Waals surface area contributed by atoms with Gasteiger partial charge in [-0.15, -0.1) is 24.0 Å². The number of halogens is 1. The molecule has 1 rings (SSSR count). The van der Waals surface area contributed by atoms with Crippen LogP contribution in [0.3, 0.4) is 0 Å². The second-order valence-electron chi connectivity index (χ2n) is 7.66. The molecule has 8 heteroatoms. The van der Waals surface area contributed by atoms with Crippen LogP contribution in [-0.2, 0) is 4.79 Å². The highest BCUT2D eigenvalue weighted by Gasteiger charge is 2.26. The molecular formula is C22H39IN4O3. The number of carbonyl (C=O) groups excluding carboxylic acids is 1. The number of nitrogens with zero attached hydrogens (tertiary/aromatic N) is 1. The van der Waals surface area contributed by atoms with Gasteiger partial charge in [0, 0.05) is 20.6 Å². The molecule has 0 radical (unpaired) electrons. The van der Waals surface area contributed by atoms with Gasteiger partial charge in [-0.05, 0) is 51.3 Å². The number of ether oxygens (including phenoxy) is 2. The molecule has 0 saturated heterocycles. The van der Waals surface area contributed by atoms with Crippen LogP contribution in [0.15, 0.2) is 23.2 Å². The summed E-state index contributed by atoms with van der Waals surface area (Å²) in [5.41, 5.74) is 0.517. The van der Waals surface area contributed by atoms with E-state index in [2.05, 4.69) is 41.7 Å². The van der Waals surface area contributed by atoms with Gasteiger partial charge in [-0.2, -0.15) is 0 Å². The van der Waals surface area contributed by atoms with Crippen molar-refractivity contribution in [3.63, 3.8) is 0 Å². The summed E-state index contributed by atoms with van der Waals surface area (Å²) in [6.45, 7) is 11.8. The first-order valence-corrected chi connectivity index (χ1v) is 10.4. The largest absolute Gasteiger partial charge is 0.490 e. The number of carbonyl (C=O) groups is 1. The molecule has 1 unspecified atom stereocenters. The van der Waals surface area contributed by atoms with Crippen LogP contribution in [0.2, 0.25) is 0 Å². The van der Waals surface area contributed by atoms with Crippen LogP contribution in [0, 0.1) is 5.41 Å². The summed E-state index contributed by atoms with van der Waals surface area (Å²) in [5.74, 6) is 2.15. The van der Waals surface area contributed by atoms with E-state index in [4.69, 9.17) is 9.47 Å². The van der Waals surface area contributed by atoms with Gasteiger partial charge in [0.25, 0.3) is 0 Å². The molecule has 7 nitrogen and oxygen atoms in total. The van der Waals surface area contributed by atoms with Gasteiger partial charge in [0.1, 0.15) is 0 Å². The lowest BCUT2D eigenvalue weighted by atomic mass is 9.92. The average Bonchev–Trinajstić information content (AvgIpc) is 2.72. The number of rotatable bonds is 11. The van der Waals surface area contributed by atoms with Crippen LogP contribution in [-0.4, -0.2) is 45.7 Å². The summed E-state index contributed by atoms with van der Waals surface area (Å²) in [6, 6.07) is 6.00. The third-order valence-corrected chi connectivity index (χ3v) is 4.51. The predicted octanol–water partition coefficient (Wildman–Crippen LogP) is 3.88. The number of nitrogens with one attached hydrogen (secondary N) is 3. The lowest BCUT2D eigenvalue weighted by molar-refractivity contribution is -0.128. The van der Waals surface area contributed by atoms with Crippen LogP contribution in [0.1, 0.15) is 59.1 Å². The quantitative estimate of drug-likeness (QED) is 0.228. The zero-order chi connectivity index (χ0) is 21.9. The molecule has 0 bridgehead atoms. The molecule has 1 aromatic carbocycles. The second-order valence-corrected chi connectivity index (χ2v) is 7.66. The Balaban J connectivity index is 0.00000841. The van der Waals surface area contributed by atoms with E-state index in [9.17, 15) is 4.79 Å². The molecule has 0 aromatic heterocycles. The third kappa shape index (κ3) is 8.97. The van der Waals surface area contributed by atoms with Crippen molar-refractivity contribution in [1.82, 2.24) is 16.0 Å².